The number of hydrogen-bond donors (Lipinski definition) is 10. The summed E-state index contributed by atoms with van der Waals surface area (Å²) in [6.07, 6.45) is -9.12. The van der Waals surface area contributed by atoms with E-state index < -0.39 is 227 Å². The first-order valence-electron chi connectivity index (χ1n) is 42.8. The Morgan fingerprint density at radius 1 is 0.569 bits per heavy atom. The Morgan fingerprint density at radius 3 is 1.67 bits per heavy atom. The monoisotopic (exact) mass is 2100 g/mol. The van der Waals surface area contributed by atoms with Crippen LogP contribution in [0.4, 0.5) is 17.6 Å². The maximum atomic E-state index is 15.7. The summed E-state index contributed by atoms with van der Waals surface area (Å²) >= 11 is 0. The van der Waals surface area contributed by atoms with Gasteiger partial charge in [-0.3, -0.25) is 78.5 Å². The number of aliphatic hydroxyl groups is 1. The fraction of sp³-hybridized carbons (Fsp3) is 0.507. The Kier molecular flexibility index (Phi) is 33.8. The maximum Gasteiger partial charge on any atom is 0.551 e. The van der Waals surface area contributed by atoms with E-state index in [-0.39, 0.29) is 109 Å². The highest BCUT2D eigenvalue weighted by Crippen LogP contribution is 2.58. The minimum absolute atomic E-state index is 0.0367. The molecule has 8 radical (unpaired) electrons. The molecule has 137 heavy (non-hydrogen) atoms. The van der Waals surface area contributed by atoms with Crippen molar-refractivity contribution in [2.24, 2.45) is 17.2 Å². The number of imidazole rings is 2. The van der Waals surface area contributed by atoms with Gasteiger partial charge in [0, 0.05) is 89.1 Å². The van der Waals surface area contributed by atoms with Crippen molar-refractivity contribution in [1.82, 2.24) is 63.5 Å². The van der Waals surface area contributed by atoms with Crippen LogP contribution in [0.25, 0.3) is 22.3 Å². The molecule has 53 nitrogen and oxygen atoms in total. The van der Waals surface area contributed by atoms with Gasteiger partial charge in [-0.25, -0.2) is 43.2 Å². The molecule has 7 aliphatic rings. The lowest BCUT2D eigenvalue weighted by atomic mass is 9.80. The number of nitrogen functional groups attached to an aromatic ring is 3. The van der Waals surface area contributed by atoms with Crippen LogP contribution in [0.2, 0.25) is 24.2 Å². The first kappa shape index (κ1) is 102. The van der Waals surface area contributed by atoms with Crippen LogP contribution >= 0.6 is 23.5 Å². The lowest BCUT2D eigenvalue weighted by Crippen LogP contribution is -2.70. The summed E-state index contributed by atoms with van der Waals surface area (Å²) in [4.78, 5) is 82.6. The van der Waals surface area contributed by atoms with E-state index in [9.17, 15) is 28.8 Å². The molecule has 7 saturated heterocycles. The van der Waals surface area contributed by atoms with Crippen molar-refractivity contribution in [2.45, 2.75) is 143 Å². The number of aromatic amines is 2. The van der Waals surface area contributed by atoms with Gasteiger partial charge < -0.3 is 119 Å². The molecular weight excluding hydrogens is 2000 g/mol. The summed E-state index contributed by atoms with van der Waals surface area (Å²) in [5.41, 5.74) is 34.0. The molecule has 738 valence electrons. The zero-order chi connectivity index (χ0) is 96.4. The third kappa shape index (κ3) is 24.0. The van der Waals surface area contributed by atoms with Crippen LogP contribution in [0, 0.1) is 6.92 Å². The van der Waals surface area contributed by atoms with E-state index in [1.807, 2.05) is 66.7 Å². The first-order valence-corrected chi connectivity index (χ1v) is 58.2. The highest BCUT2D eigenvalue weighted by Gasteiger charge is 2.63. The number of aromatic nitrogens is 12. The number of aryl methyl sites for hydroxylation is 1. The van der Waals surface area contributed by atoms with Crippen molar-refractivity contribution < 1.29 is 134 Å². The van der Waals surface area contributed by atoms with Crippen LogP contribution < -0.4 is 71.7 Å². The second-order valence-corrected chi connectivity index (χ2v) is 52.2. The lowest BCUT2D eigenvalue weighted by Gasteiger charge is -2.45. The topological polar surface area (TPSA) is 676 Å². The average Bonchev–Trinajstić information content (AvgIpc) is 1.50. The number of nitrogens with zero attached hydrogens (tertiary/aromatic N) is 10. The molecule has 18 atom stereocenters. The number of hydrogen-bond acceptors (Lipinski definition) is 47. The summed E-state index contributed by atoms with van der Waals surface area (Å²) in [7, 11) is -27.8. The van der Waals surface area contributed by atoms with Crippen molar-refractivity contribution >= 4 is 139 Å². The zero-order valence-corrected chi connectivity index (χ0v) is 84.7. The predicted molar refractivity (Wildman–Crippen MR) is 486 cm³/mol. The van der Waals surface area contributed by atoms with Crippen LogP contribution in [0.3, 0.4) is 0 Å². The van der Waals surface area contributed by atoms with E-state index in [0.717, 1.165) is 30.5 Å². The molecule has 64 heteroatoms. The molecule has 16 N–H and O–H groups in total. The molecule has 7 fully saturated rings. The second-order valence-electron chi connectivity index (χ2n) is 31.3. The normalized spacial score (nSPS) is 27.2. The number of rotatable bonds is 43. The van der Waals surface area contributed by atoms with Gasteiger partial charge in [-0.15, -0.1) is 0 Å². The van der Waals surface area contributed by atoms with E-state index in [0.29, 0.717) is 59.8 Å². The fourth-order valence-corrected chi connectivity index (χ4v) is 41.8. The van der Waals surface area contributed by atoms with Gasteiger partial charge in [0.25, 0.3) is 11.1 Å². The molecule has 9 aromatic rings. The first-order chi connectivity index (χ1) is 66.1. The smallest absolute Gasteiger partial charge is 0.497 e. The maximum absolute atomic E-state index is 15.7. The molecule has 3 aromatic carbocycles. The molecule has 7 aliphatic heterocycles. The van der Waals surface area contributed by atoms with Gasteiger partial charge in [0.2, 0.25) is 5.95 Å². The molecule has 0 spiro atoms. The van der Waals surface area contributed by atoms with Crippen molar-refractivity contribution in [3.63, 3.8) is 0 Å². The van der Waals surface area contributed by atoms with E-state index in [1.54, 1.807) is 12.1 Å². The van der Waals surface area contributed by atoms with Gasteiger partial charge in [-0.1, -0.05) is 54.6 Å². The highest BCUT2D eigenvalue weighted by atomic mass is 31.2. The van der Waals surface area contributed by atoms with Crippen molar-refractivity contribution in [1.29, 1.82) is 0 Å². The molecule has 0 aliphatic carbocycles. The number of aliphatic hydroxyl groups excluding tert-OH is 1. The minimum Gasteiger partial charge on any atom is -0.497 e. The van der Waals surface area contributed by atoms with E-state index in [2.05, 4.69) is 45.2 Å². The molecule has 0 saturated carbocycles. The van der Waals surface area contributed by atoms with Crippen LogP contribution in [0.5, 0.6) is 11.5 Å². The number of nitrogens with one attached hydrogen (secondary N) is 3. The molecular formula is C73H100N19O34P3Si8. The van der Waals surface area contributed by atoms with Crippen LogP contribution in [0.15, 0.2) is 135 Å². The molecule has 4 bridgehead atoms. The minimum atomic E-state index is -4.99. The average molecular weight is 2110 g/mol. The van der Waals surface area contributed by atoms with Gasteiger partial charge >= 0.3 is 110 Å². The number of phosphoric acid groups is 3. The molecule has 13 heterocycles. The van der Waals surface area contributed by atoms with E-state index >= 15 is 9.13 Å². The predicted octanol–water partition coefficient (Wildman–Crippen LogP) is 1.15. The Balaban J connectivity index is 0.620. The SMILES string of the molecule is COc1ccc(C(OC[C@H]2O[C@@H](n3cc(C)c(=O)[nH]c3=O)CC2OP(=O)(OC)OC[C@H]2O[C@@H](n3cnc4c(=O)[nH]c(N)nc43)CC2OP(=O)(OC)OC[C@H]2O[C@@H](n3cnc4c(N)ncnc43)CC2OP(=O)(OC)OC[C@H]2O[C@@H](n3ccc(N)nc3=O)CC2O)(c2ccccc2)c2ccc(OCCCNCC[Si]3O[Si]O[Si]4O[Si]5O[Si]O[Si](CCN)O[Si](CCN)(O5)O[Si](CCN)(O3)O4)cc2)cc1. The number of phosphoric ester groups is 3. The lowest BCUT2D eigenvalue weighted by molar-refractivity contribution is -0.0956. The number of fused-ring (bicyclic) bond motifs is 6. The highest BCUT2D eigenvalue weighted by molar-refractivity contribution is 7.49. The van der Waals surface area contributed by atoms with Crippen LogP contribution in [-0.2, 0) is 125 Å². The summed E-state index contributed by atoms with van der Waals surface area (Å²) in [6.45, 7) is 0.815. The fourth-order valence-electron chi connectivity index (χ4n) is 15.8. The van der Waals surface area contributed by atoms with Gasteiger partial charge in [-0.05, 0) is 93.1 Å². The van der Waals surface area contributed by atoms with Gasteiger partial charge in [0.05, 0.1) is 58.9 Å². The number of ether oxygens (including phenoxy) is 7. The molecule has 16 rings (SSSR count). The quantitative estimate of drug-likeness (QED) is 0.0111. The Labute approximate surface area is 794 Å². The van der Waals surface area contributed by atoms with Crippen molar-refractivity contribution in [3.05, 3.63) is 180 Å². The third-order valence-corrected chi connectivity index (χ3v) is 46.4. The Morgan fingerprint density at radius 2 is 1.10 bits per heavy atom. The molecule has 6 aromatic heterocycles. The zero-order valence-electron chi connectivity index (χ0n) is 74.0. The summed E-state index contributed by atoms with van der Waals surface area (Å²) < 4.78 is 214. The Hall–Kier alpha value is -7.61. The van der Waals surface area contributed by atoms with E-state index in [1.165, 1.54) is 60.6 Å². The van der Waals surface area contributed by atoms with Gasteiger partial charge in [0.15, 0.2) is 22.6 Å². The molecule has 0 amide bonds. The second kappa shape index (κ2) is 45.3. The largest absolute Gasteiger partial charge is 0.551 e. The van der Waals surface area contributed by atoms with Crippen molar-refractivity contribution in [2.75, 3.05) is 111 Å². The molecule has 10 unspecified atom stereocenters. The summed E-state index contributed by atoms with van der Waals surface area (Å²) in [6, 6.07) is 26.4. The summed E-state index contributed by atoms with van der Waals surface area (Å²) in [5, 5.41) is 14.6. The van der Waals surface area contributed by atoms with Gasteiger partial charge in [0.1, 0.15) is 102 Å². The van der Waals surface area contributed by atoms with Gasteiger partial charge in [-0.2, -0.15) is 9.97 Å². The number of nitrogens with two attached hydrogens (primary N) is 6. The number of H-pyrrole nitrogens is 2. The third-order valence-electron chi connectivity index (χ3n) is 22.5. The number of benzene rings is 3. The Bertz CT molecular complexity index is 6020. The summed E-state index contributed by atoms with van der Waals surface area (Å²) in [5.74, 6) is 0.764. The van der Waals surface area contributed by atoms with E-state index in [4.69, 9.17) is 149 Å². The van der Waals surface area contributed by atoms with Crippen molar-refractivity contribution in [3.8, 4) is 11.5 Å². The van der Waals surface area contributed by atoms with Crippen LogP contribution in [0.1, 0.15) is 79.3 Å². The number of anilines is 3. The van der Waals surface area contributed by atoms with Crippen LogP contribution in [-0.4, -0.2) is 282 Å². The standard InChI is InChI=1S/C73H100N19O34P3Si8/c1-44-36-90(72(97)88-68(44)94)60-33-51(55(111-60)37-106-73(45-10-7-6-8-11-45,46-12-16-48(101-2)17-13-46)47-14-18-49(19-15-47)105-27-9-24-80-25-29-133-118-131-120-135-121-134-119-130-117-132(28-21-74)122-136(124-134,30-22-75)126-137(123-133,125-135)31-23-76)114-128(99,103-4)108-40-57-53(35-62(113-57)92-43-84-64-67(92)86-70(79)87-69(64)95)116-129(100,104-5)109-39-56-52(34-61(112-56)91-42-83-63-65(78)81-41-82-66(63)91)115-127(98,102-3)107-38-54-50(93)32-59(110-54)89-26-20-58(77)85-71(89)96/h6-8,10-20,26,36,41-43,50-57,59-62,80,93H,9,21-25,27-35,37-40,74-76H2,1-5H3,(H2,77,85,96)(H2,78,81,82)(H,88,94,97)(H3,79,86,87,95)/t50?,51?,52?,53?,54-,55-,56-,57-,59-,60-,61-,62-,73?,127?,128?,129?,136?,137?/m1/s1. The number of methoxy groups -OCH3 is 1.